The van der Waals surface area contributed by atoms with E-state index in [9.17, 15) is 19.0 Å². The quantitative estimate of drug-likeness (QED) is 0.0159. The Morgan fingerprint density at radius 1 is 0.717 bits per heavy atom. The molecule has 344 valence electrons. The zero-order chi connectivity index (χ0) is 44.1. The van der Waals surface area contributed by atoms with Crippen LogP contribution in [0.4, 0.5) is 0 Å². The molecule has 1 aliphatic heterocycles. The zero-order valence-corrected chi connectivity index (χ0v) is 39.5. The molecule has 0 N–H and O–H groups in total. The second-order valence-electron chi connectivity index (χ2n) is 17.4. The Balaban J connectivity index is 1.68. The van der Waals surface area contributed by atoms with E-state index in [1.54, 1.807) is 0 Å². The van der Waals surface area contributed by atoms with Gasteiger partial charge in [0.2, 0.25) is 0 Å². The summed E-state index contributed by atoms with van der Waals surface area (Å²) < 4.78 is 46.0. The maximum Gasteiger partial charge on any atom is 0.306 e. The number of nitrogens with zero attached hydrogens (tertiary/aromatic N) is 1. The number of phosphoric acid groups is 1. The maximum absolute atomic E-state index is 12.8. The molecular weight excluding hydrogens is 781 g/mol. The van der Waals surface area contributed by atoms with Crippen LogP contribution in [0.3, 0.4) is 0 Å². The minimum absolute atomic E-state index is 0.0531. The number of aryl methyl sites for hydroxylation is 2. The summed E-state index contributed by atoms with van der Waals surface area (Å²) >= 11 is 0. The first-order chi connectivity index (χ1) is 28.7. The van der Waals surface area contributed by atoms with Gasteiger partial charge >= 0.3 is 11.9 Å². The molecular formula is C48H82NO10P. The summed E-state index contributed by atoms with van der Waals surface area (Å²) in [5.74, 6) is 1.32. The molecule has 2 rings (SSSR count). The van der Waals surface area contributed by atoms with Crippen molar-refractivity contribution in [1.29, 1.82) is 0 Å². The molecule has 0 saturated carbocycles. The number of epoxide rings is 1. The first-order valence-corrected chi connectivity index (χ1v) is 24.6. The minimum Gasteiger partial charge on any atom is -0.756 e. The number of likely N-dealkylation sites (N-methyl/N-ethyl adjacent to an activating group) is 1. The lowest BCUT2D eigenvalue weighted by Crippen LogP contribution is -2.37. The number of rotatable bonds is 37. The van der Waals surface area contributed by atoms with Crippen LogP contribution in [0.15, 0.2) is 40.9 Å². The highest BCUT2D eigenvalue weighted by Gasteiger charge is 2.36. The van der Waals surface area contributed by atoms with Crippen LogP contribution in [-0.2, 0) is 50.3 Å². The van der Waals surface area contributed by atoms with E-state index < -0.39 is 32.5 Å². The predicted octanol–water partition coefficient (Wildman–Crippen LogP) is 10.9. The van der Waals surface area contributed by atoms with E-state index in [0.29, 0.717) is 23.9 Å². The SMILES string of the molecule is CCCCC/C=C\C/C=C\C/C=C\CC1OC1CCCC(=O)OC[C@H](COP(=O)([O-])OCC[N+](C)(C)C)OC(=O)CCCCCCCCc1oc(CCCCC)c(C)c1C. The summed E-state index contributed by atoms with van der Waals surface area (Å²) in [6.07, 6.45) is 33.1. The van der Waals surface area contributed by atoms with Gasteiger partial charge in [0.05, 0.1) is 40.0 Å². The fourth-order valence-corrected chi connectivity index (χ4v) is 7.47. The number of quaternary nitrogens is 1. The van der Waals surface area contributed by atoms with Gasteiger partial charge in [0.15, 0.2) is 6.10 Å². The minimum atomic E-state index is -4.67. The van der Waals surface area contributed by atoms with Crippen molar-refractivity contribution in [1.82, 2.24) is 0 Å². The van der Waals surface area contributed by atoms with Crippen LogP contribution >= 0.6 is 7.82 Å². The van der Waals surface area contributed by atoms with E-state index in [1.165, 1.54) is 49.7 Å². The number of esters is 2. The third kappa shape index (κ3) is 26.7. The molecule has 1 aromatic rings. The average molecular weight is 864 g/mol. The van der Waals surface area contributed by atoms with Crippen molar-refractivity contribution in [3.05, 3.63) is 59.1 Å². The third-order valence-corrected chi connectivity index (χ3v) is 11.8. The summed E-state index contributed by atoms with van der Waals surface area (Å²) in [4.78, 5) is 37.9. The normalized spacial score (nSPS) is 17.2. The molecule has 2 heterocycles. The van der Waals surface area contributed by atoms with Gasteiger partial charge in [-0.2, -0.15) is 0 Å². The fourth-order valence-electron chi connectivity index (χ4n) is 6.74. The summed E-state index contributed by atoms with van der Waals surface area (Å²) in [6, 6.07) is 0. The van der Waals surface area contributed by atoms with Gasteiger partial charge in [0.25, 0.3) is 7.82 Å². The first-order valence-electron chi connectivity index (χ1n) is 23.2. The number of carbonyl (C=O) groups is 2. The van der Waals surface area contributed by atoms with E-state index >= 15 is 0 Å². The van der Waals surface area contributed by atoms with Crippen molar-refractivity contribution >= 4 is 19.8 Å². The summed E-state index contributed by atoms with van der Waals surface area (Å²) in [7, 11) is 1.09. The molecule has 1 aliphatic rings. The van der Waals surface area contributed by atoms with Crippen LogP contribution in [-0.4, -0.2) is 82.2 Å². The van der Waals surface area contributed by atoms with Crippen molar-refractivity contribution in [3.63, 3.8) is 0 Å². The predicted molar refractivity (Wildman–Crippen MR) is 239 cm³/mol. The molecule has 0 amide bonds. The smallest absolute Gasteiger partial charge is 0.306 e. The van der Waals surface area contributed by atoms with Gasteiger partial charge < -0.3 is 37.1 Å². The molecule has 0 aliphatic carbocycles. The number of hydrogen-bond acceptors (Lipinski definition) is 10. The number of hydrogen-bond donors (Lipinski definition) is 0. The number of ether oxygens (including phenoxy) is 3. The van der Waals surface area contributed by atoms with Crippen molar-refractivity contribution in [2.75, 3.05) is 47.5 Å². The molecule has 11 nitrogen and oxygen atoms in total. The average Bonchev–Trinajstić information content (AvgIpc) is 3.89. The second-order valence-corrected chi connectivity index (χ2v) is 18.8. The van der Waals surface area contributed by atoms with Crippen LogP contribution in [0.5, 0.6) is 0 Å². The lowest BCUT2D eigenvalue weighted by molar-refractivity contribution is -0.870. The topological polar surface area (TPSA) is 137 Å². The zero-order valence-electron chi connectivity index (χ0n) is 38.6. The summed E-state index contributed by atoms with van der Waals surface area (Å²) in [6.45, 7) is 8.35. The molecule has 0 radical (unpaired) electrons. The third-order valence-electron chi connectivity index (χ3n) is 10.8. The van der Waals surface area contributed by atoms with Gasteiger partial charge in [0, 0.05) is 25.7 Å². The monoisotopic (exact) mass is 864 g/mol. The van der Waals surface area contributed by atoms with Crippen LogP contribution in [0.25, 0.3) is 0 Å². The first kappa shape index (κ1) is 53.6. The number of furan rings is 1. The molecule has 0 aromatic carbocycles. The van der Waals surface area contributed by atoms with Gasteiger partial charge in [0.1, 0.15) is 31.3 Å². The molecule has 4 atom stereocenters. The van der Waals surface area contributed by atoms with Crippen LogP contribution in [0.2, 0.25) is 0 Å². The summed E-state index contributed by atoms with van der Waals surface area (Å²) in [5, 5.41) is 0. The lowest BCUT2D eigenvalue weighted by Gasteiger charge is -2.28. The van der Waals surface area contributed by atoms with Gasteiger partial charge in [-0.05, 0) is 89.2 Å². The van der Waals surface area contributed by atoms with E-state index in [4.69, 9.17) is 27.7 Å². The van der Waals surface area contributed by atoms with Gasteiger partial charge in [-0.1, -0.05) is 102 Å². The Kier molecular flexibility index (Phi) is 28.0. The largest absolute Gasteiger partial charge is 0.756 e. The van der Waals surface area contributed by atoms with Crippen molar-refractivity contribution in [3.8, 4) is 0 Å². The molecule has 3 unspecified atom stereocenters. The Hall–Kier alpha value is -2.53. The van der Waals surface area contributed by atoms with Crippen molar-refractivity contribution in [2.24, 2.45) is 0 Å². The highest BCUT2D eigenvalue weighted by molar-refractivity contribution is 7.45. The lowest BCUT2D eigenvalue weighted by atomic mass is 10.0. The van der Waals surface area contributed by atoms with E-state index in [0.717, 1.165) is 88.6 Å². The molecule has 0 bridgehead atoms. The van der Waals surface area contributed by atoms with Crippen molar-refractivity contribution in [2.45, 2.75) is 187 Å². The van der Waals surface area contributed by atoms with E-state index in [1.807, 2.05) is 21.1 Å². The fraction of sp³-hybridized carbons (Fsp3) is 0.750. The van der Waals surface area contributed by atoms with Gasteiger partial charge in [-0.3, -0.25) is 14.2 Å². The van der Waals surface area contributed by atoms with Crippen LogP contribution < -0.4 is 4.89 Å². The van der Waals surface area contributed by atoms with E-state index in [2.05, 4.69) is 64.2 Å². The molecule has 1 saturated heterocycles. The number of carbonyl (C=O) groups excluding carboxylic acids is 2. The molecule has 0 spiro atoms. The standard InChI is InChI=1S/C48H82NO10P/c1-8-10-12-13-14-15-16-17-18-19-23-27-32-45-46(59-45)33-29-35-47(50)54-38-42(39-56-60(52,53)55-37-36-49(5,6)7)57-48(51)34-28-24-21-20-22-26-31-44-41(4)40(3)43(58-44)30-25-11-9-2/h14-15,17-18,23,27,42,45-46H,8-13,16,19-22,24-26,28-39H2,1-7H3/b15-14-,18-17-,27-23-/t42-,45?,46?/m1/s1. The molecule has 1 aromatic heterocycles. The number of unbranched alkanes of at least 4 members (excludes halogenated alkanes) is 10. The molecule has 1 fully saturated rings. The van der Waals surface area contributed by atoms with E-state index in [-0.39, 0.29) is 38.3 Å². The molecule has 60 heavy (non-hydrogen) atoms. The summed E-state index contributed by atoms with van der Waals surface area (Å²) in [5.41, 5.74) is 2.59. The Morgan fingerprint density at radius 3 is 1.97 bits per heavy atom. The number of allylic oxidation sites excluding steroid dienone is 5. The highest BCUT2D eigenvalue weighted by atomic mass is 31.2. The highest BCUT2D eigenvalue weighted by Crippen LogP contribution is 2.38. The Bertz CT molecular complexity index is 1460. The Morgan fingerprint density at radius 2 is 1.30 bits per heavy atom. The second kappa shape index (κ2) is 31.3. The van der Waals surface area contributed by atoms with Gasteiger partial charge in [-0.25, -0.2) is 0 Å². The van der Waals surface area contributed by atoms with Crippen molar-refractivity contribution < 1.29 is 51.2 Å². The van der Waals surface area contributed by atoms with Crippen LogP contribution in [0.1, 0.15) is 165 Å². The number of phosphoric ester groups is 1. The van der Waals surface area contributed by atoms with Gasteiger partial charge in [-0.15, -0.1) is 0 Å². The molecule has 12 heteroatoms. The Labute approximate surface area is 363 Å². The maximum atomic E-state index is 12.8. The van der Waals surface area contributed by atoms with Crippen LogP contribution in [0, 0.1) is 13.8 Å².